The molecule has 0 fully saturated rings. The Morgan fingerprint density at radius 2 is 1.88 bits per heavy atom. The first kappa shape index (κ1) is 17.0. The molecule has 0 aliphatic carbocycles. The normalized spacial score (nSPS) is 10.8. The van der Waals surface area contributed by atoms with E-state index in [1.54, 1.807) is 0 Å². The maximum atomic E-state index is 11.9. The number of carbonyl (C=O) groups is 1. The molecule has 3 aromatic rings. The van der Waals surface area contributed by atoms with Crippen molar-refractivity contribution in [2.75, 3.05) is 13.2 Å². The minimum absolute atomic E-state index is 0.0168. The Kier molecular flexibility index (Phi) is 5.67. The predicted octanol–water partition coefficient (Wildman–Crippen LogP) is 3.32. The second kappa shape index (κ2) is 8.33. The van der Waals surface area contributed by atoms with Crippen LogP contribution >= 0.6 is 0 Å². The smallest absolute Gasteiger partial charge is 0.223 e. The van der Waals surface area contributed by atoms with Gasteiger partial charge in [0.25, 0.3) is 0 Å². The number of fused-ring (bicyclic) bond motifs is 1. The number of amides is 1. The van der Waals surface area contributed by atoms with E-state index in [4.69, 9.17) is 4.74 Å². The lowest BCUT2D eigenvalue weighted by molar-refractivity contribution is -0.121. The van der Waals surface area contributed by atoms with Crippen LogP contribution in [-0.4, -0.2) is 28.6 Å². The van der Waals surface area contributed by atoms with Crippen LogP contribution in [0, 0.1) is 6.92 Å². The lowest BCUT2D eigenvalue weighted by Gasteiger charge is -2.09. The molecule has 0 atom stereocenters. The zero-order valence-electron chi connectivity index (χ0n) is 14.4. The predicted molar refractivity (Wildman–Crippen MR) is 98.7 cm³/mol. The van der Waals surface area contributed by atoms with Crippen LogP contribution in [0.2, 0.25) is 0 Å². The monoisotopic (exact) mass is 337 g/mol. The molecule has 0 saturated heterocycles. The van der Waals surface area contributed by atoms with Gasteiger partial charge in [0.15, 0.2) is 0 Å². The molecule has 0 spiro atoms. The quantitative estimate of drug-likeness (QED) is 0.642. The second-order valence-electron chi connectivity index (χ2n) is 5.91. The first-order valence-electron chi connectivity index (χ1n) is 8.60. The van der Waals surface area contributed by atoms with Crippen molar-refractivity contribution in [1.29, 1.82) is 0 Å². The molecule has 0 radical (unpaired) electrons. The fourth-order valence-electron chi connectivity index (χ4n) is 2.81. The number of hydrogen-bond acceptors (Lipinski definition) is 3. The topological polar surface area (TPSA) is 56.2 Å². The Morgan fingerprint density at radius 3 is 2.72 bits per heavy atom. The van der Waals surface area contributed by atoms with Gasteiger partial charge in [-0.1, -0.05) is 30.3 Å². The first-order chi connectivity index (χ1) is 12.2. The number of imidazole rings is 1. The van der Waals surface area contributed by atoms with Crippen LogP contribution in [0.15, 0.2) is 54.6 Å². The van der Waals surface area contributed by atoms with Gasteiger partial charge in [0.2, 0.25) is 5.91 Å². The van der Waals surface area contributed by atoms with E-state index < -0.39 is 0 Å². The summed E-state index contributed by atoms with van der Waals surface area (Å²) >= 11 is 0. The summed E-state index contributed by atoms with van der Waals surface area (Å²) in [6.07, 6.45) is 1.23. The number of ether oxygens (including phenoxy) is 1. The fourth-order valence-corrected chi connectivity index (χ4v) is 2.81. The number of nitrogens with one attached hydrogen (secondary N) is 1. The molecule has 0 unspecified atom stereocenters. The Hall–Kier alpha value is -2.82. The molecule has 1 N–H and O–H groups in total. The number of para-hydroxylation sites is 3. The van der Waals surface area contributed by atoms with E-state index in [1.165, 1.54) is 0 Å². The SMILES string of the molecule is Cc1nc2ccccc2n1CCCNC(=O)CCOc1ccccc1. The standard InChI is InChI=1S/C20H23N3O2/c1-16-22-18-10-5-6-11-19(18)23(16)14-7-13-21-20(24)12-15-25-17-8-3-2-4-9-17/h2-6,8-11H,7,12-15H2,1H3,(H,21,24). The first-order valence-corrected chi connectivity index (χ1v) is 8.60. The van der Waals surface area contributed by atoms with Crippen molar-refractivity contribution >= 4 is 16.9 Å². The maximum absolute atomic E-state index is 11.9. The van der Waals surface area contributed by atoms with Crippen molar-refractivity contribution in [3.63, 3.8) is 0 Å². The third kappa shape index (κ3) is 4.59. The van der Waals surface area contributed by atoms with Crippen molar-refractivity contribution in [3.05, 3.63) is 60.4 Å². The lowest BCUT2D eigenvalue weighted by atomic mass is 10.3. The summed E-state index contributed by atoms with van der Waals surface area (Å²) in [7, 11) is 0. The molecular formula is C20H23N3O2. The van der Waals surface area contributed by atoms with Gasteiger partial charge < -0.3 is 14.6 Å². The number of benzene rings is 2. The largest absolute Gasteiger partial charge is 0.493 e. The Morgan fingerprint density at radius 1 is 1.12 bits per heavy atom. The molecule has 3 rings (SSSR count). The highest BCUT2D eigenvalue weighted by atomic mass is 16.5. The summed E-state index contributed by atoms with van der Waals surface area (Å²) in [5, 5.41) is 2.95. The van der Waals surface area contributed by atoms with Gasteiger partial charge in [0.1, 0.15) is 11.6 Å². The fraction of sp³-hybridized carbons (Fsp3) is 0.300. The maximum Gasteiger partial charge on any atom is 0.223 e. The van der Waals surface area contributed by atoms with Crippen molar-refractivity contribution < 1.29 is 9.53 Å². The average Bonchev–Trinajstić information content (AvgIpc) is 2.95. The molecule has 1 aromatic heterocycles. The van der Waals surface area contributed by atoms with Gasteiger partial charge >= 0.3 is 0 Å². The van der Waals surface area contributed by atoms with E-state index in [0.29, 0.717) is 19.6 Å². The van der Waals surface area contributed by atoms with E-state index >= 15 is 0 Å². The Bertz CT molecular complexity index is 827. The number of hydrogen-bond donors (Lipinski definition) is 1. The lowest BCUT2D eigenvalue weighted by Crippen LogP contribution is -2.26. The number of aryl methyl sites for hydroxylation is 2. The highest BCUT2D eigenvalue weighted by Gasteiger charge is 2.06. The van der Waals surface area contributed by atoms with Crippen LogP contribution < -0.4 is 10.1 Å². The molecule has 2 aromatic carbocycles. The van der Waals surface area contributed by atoms with Gasteiger partial charge in [-0.15, -0.1) is 0 Å². The molecule has 130 valence electrons. The van der Waals surface area contributed by atoms with Crippen LogP contribution in [0.1, 0.15) is 18.7 Å². The van der Waals surface area contributed by atoms with Gasteiger partial charge in [-0.05, 0) is 37.6 Å². The summed E-state index contributed by atoms with van der Waals surface area (Å²) in [4.78, 5) is 16.4. The summed E-state index contributed by atoms with van der Waals surface area (Å²) in [6.45, 7) is 3.89. The third-order valence-corrected chi connectivity index (χ3v) is 4.07. The number of aromatic nitrogens is 2. The molecule has 25 heavy (non-hydrogen) atoms. The molecular weight excluding hydrogens is 314 g/mol. The Labute approximate surface area is 147 Å². The second-order valence-corrected chi connectivity index (χ2v) is 5.91. The molecule has 1 heterocycles. The summed E-state index contributed by atoms with van der Waals surface area (Å²) in [6, 6.07) is 17.7. The number of nitrogens with zero attached hydrogens (tertiary/aromatic N) is 2. The molecule has 0 bridgehead atoms. The van der Waals surface area contributed by atoms with E-state index in [-0.39, 0.29) is 5.91 Å². The van der Waals surface area contributed by atoms with Crippen molar-refractivity contribution in [2.24, 2.45) is 0 Å². The third-order valence-electron chi connectivity index (χ3n) is 4.07. The van der Waals surface area contributed by atoms with Gasteiger partial charge in [0, 0.05) is 13.1 Å². The summed E-state index contributed by atoms with van der Waals surface area (Å²) in [5.74, 6) is 1.81. The van der Waals surface area contributed by atoms with Crippen LogP contribution in [0.25, 0.3) is 11.0 Å². The Balaban J connectivity index is 1.38. The van der Waals surface area contributed by atoms with Crippen molar-refractivity contribution in [2.45, 2.75) is 26.3 Å². The van der Waals surface area contributed by atoms with Gasteiger partial charge in [-0.25, -0.2) is 4.98 Å². The molecule has 1 amide bonds. The summed E-state index contributed by atoms with van der Waals surface area (Å²) < 4.78 is 7.73. The molecule has 5 heteroatoms. The average molecular weight is 337 g/mol. The van der Waals surface area contributed by atoms with Crippen LogP contribution in [-0.2, 0) is 11.3 Å². The van der Waals surface area contributed by atoms with Crippen molar-refractivity contribution in [3.8, 4) is 5.75 Å². The molecule has 0 saturated carbocycles. The zero-order chi connectivity index (χ0) is 17.5. The molecule has 5 nitrogen and oxygen atoms in total. The van der Waals surface area contributed by atoms with Gasteiger partial charge in [-0.3, -0.25) is 4.79 Å². The van der Waals surface area contributed by atoms with Gasteiger partial charge in [0.05, 0.1) is 24.1 Å². The van der Waals surface area contributed by atoms with E-state index in [1.807, 2.05) is 55.5 Å². The minimum Gasteiger partial charge on any atom is -0.493 e. The number of carbonyl (C=O) groups excluding carboxylic acids is 1. The van der Waals surface area contributed by atoms with E-state index in [0.717, 1.165) is 35.6 Å². The summed E-state index contributed by atoms with van der Waals surface area (Å²) in [5.41, 5.74) is 2.16. The van der Waals surface area contributed by atoms with Crippen LogP contribution in [0.4, 0.5) is 0 Å². The zero-order valence-corrected chi connectivity index (χ0v) is 14.4. The van der Waals surface area contributed by atoms with Crippen LogP contribution in [0.3, 0.4) is 0 Å². The highest BCUT2D eigenvalue weighted by molar-refractivity contribution is 5.76. The number of rotatable bonds is 8. The van der Waals surface area contributed by atoms with E-state index in [9.17, 15) is 4.79 Å². The minimum atomic E-state index is 0.0168. The van der Waals surface area contributed by atoms with E-state index in [2.05, 4.69) is 20.9 Å². The van der Waals surface area contributed by atoms with Gasteiger partial charge in [-0.2, -0.15) is 0 Å². The molecule has 0 aliphatic rings. The van der Waals surface area contributed by atoms with Crippen molar-refractivity contribution in [1.82, 2.24) is 14.9 Å². The van der Waals surface area contributed by atoms with Crippen LogP contribution in [0.5, 0.6) is 5.75 Å². The highest BCUT2D eigenvalue weighted by Crippen LogP contribution is 2.15. The molecule has 0 aliphatic heterocycles.